The first-order valence-corrected chi connectivity index (χ1v) is 10.6. The highest BCUT2D eigenvalue weighted by atomic mass is 35.5. The molecule has 0 unspecified atom stereocenters. The van der Waals surface area contributed by atoms with Gasteiger partial charge < -0.3 is 10.1 Å². The van der Waals surface area contributed by atoms with Crippen LogP contribution in [-0.2, 0) is 4.79 Å². The molecule has 30 heavy (non-hydrogen) atoms. The van der Waals surface area contributed by atoms with Crippen molar-refractivity contribution < 1.29 is 9.53 Å². The number of carbonyl (C=O) groups is 1. The fourth-order valence-corrected chi connectivity index (χ4v) is 2.36. The molecule has 0 radical (unpaired) electrons. The van der Waals surface area contributed by atoms with E-state index in [1.807, 2.05) is 68.4 Å². The minimum atomic E-state index is -0.0826. The molecule has 3 nitrogen and oxygen atoms in total. The number of carbonyl (C=O) groups excluding carboxylic acids is 1. The van der Waals surface area contributed by atoms with Gasteiger partial charge in [0.25, 0.3) is 0 Å². The normalized spacial score (nSPS) is 8.73. The van der Waals surface area contributed by atoms with Crippen molar-refractivity contribution in [3.8, 4) is 5.75 Å². The fourth-order valence-electron chi connectivity index (χ4n) is 1.90. The molecular weight excluding hydrogens is 417 g/mol. The smallest absolute Gasteiger partial charge is 0.216 e. The summed E-state index contributed by atoms with van der Waals surface area (Å²) < 4.78 is 5.34. The zero-order valence-corrected chi connectivity index (χ0v) is 19.6. The van der Waals surface area contributed by atoms with Crippen molar-refractivity contribution >= 4 is 29.1 Å². The Morgan fingerprint density at radius 3 is 1.77 bits per heavy atom. The second-order valence-corrected chi connectivity index (χ2v) is 6.56. The zero-order valence-electron chi connectivity index (χ0n) is 18.1. The quantitative estimate of drug-likeness (QED) is 0.428. The monoisotopic (exact) mass is 447 g/mol. The van der Waals surface area contributed by atoms with E-state index < -0.39 is 0 Å². The van der Waals surface area contributed by atoms with Gasteiger partial charge >= 0.3 is 0 Å². The molecule has 1 N–H and O–H groups in total. The zero-order chi connectivity index (χ0) is 22.6. The lowest BCUT2D eigenvalue weighted by atomic mass is 10.2. The molecule has 0 atom stereocenters. The van der Waals surface area contributed by atoms with Crippen LogP contribution < -0.4 is 10.1 Å². The van der Waals surface area contributed by atoms with Crippen LogP contribution in [0.15, 0.2) is 84.9 Å². The lowest BCUT2D eigenvalue weighted by Gasteiger charge is -2.08. The van der Waals surface area contributed by atoms with Crippen molar-refractivity contribution in [2.75, 3.05) is 13.2 Å². The average molecular weight is 448 g/mol. The van der Waals surface area contributed by atoms with Crippen molar-refractivity contribution in [3.63, 3.8) is 0 Å². The second kappa shape index (κ2) is 18.5. The van der Waals surface area contributed by atoms with Crippen LogP contribution in [0.5, 0.6) is 5.75 Å². The predicted molar refractivity (Wildman–Crippen MR) is 130 cm³/mol. The van der Waals surface area contributed by atoms with E-state index in [0.29, 0.717) is 28.9 Å². The lowest BCUT2D eigenvalue weighted by Crippen LogP contribution is -2.25. The van der Waals surface area contributed by atoms with Crippen LogP contribution in [0.25, 0.3) is 0 Å². The summed E-state index contributed by atoms with van der Waals surface area (Å²) in [5.41, 5.74) is 1.32. The SMILES string of the molecule is CC.CC(=O)NCCOc1ccc(Cl)cc1Cl.Cc1ccccc1.c1ccccc1. The van der Waals surface area contributed by atoms with Crippen molar-refractivity contribution in [2.24, 2.45) is 0 Å². The third kappa shape index (κ3) is 15.4. The molecule has 0 saturated heterocycles. The highest BCUT2D eigenvalue weighted by Gasteiger charge is 2.01. The van der Waals surface area contributed by atoms with Gasteiger partial charge in [-0.25, -0.2) is 0 Å². The largest absolute Gasteiger partial charge is 0.490 e. The third-order valence-electron chi connectivity index (χ3n) is 3.23. The topological polar surface area (TPSA) is 38.3 Å². The molecule has 0 aromatic heterocycles. The number of halogens is 2. The Morgan fingerprint density at radius 1 is 0.867 bits per heavy atom. The van der Waals surface area contributed by atoms with Gasteiger partial charge in [0.2, 0.25) is 5.91 Å². The molecule has 1 amide bonds. The highest BCUT2D eigenvalue weighted by molar-refractivity contribution is 6.35. The summed E-state index contributed by atoms with van der Waals surface area (Å²) in [4.78, 5) is 10.6. The van der Waals surface area contributed by atoms with Crippen molar-refractivity contribution in [3.05, 3.63) is 101 Å². The Balaban J connectivity index is 0.000000461. The molecule has 162 valence electrons. The minimum Gasteiger partial charge on any atom is -0.490 e. The fraction of sp³-hybridized carbons (Fsp3) is 0.240. The van der Waals surface area contributed by atoms with Crippen LogP contribution in [-0.4, -0.2) is 19.1 Å². The summed E-state index contributed by atoms with van der Waals surface area (Å²) in [6.07, 6.45) is 0. The maximum absolute atomic E-state index is 10.6. The molecule has 3 rings (SSSR count). The van der Waals surface area contributed by atoms with Gasteiger partial charge in [0.1, 0.15) is 12.4 Å². The molecule has 5 heteroatoms. The maximum atomic E-state index is 10.6. The van der Waals surface area contributed by atoms with E-state index in [1.165, 1.54) is 12.5 Å². The second-order valence-electron chi connectivity index (χ2n) is 5.72. The molecular formula is C25H31Cl2NO2. The summed E-state index contributed by atoms with van der Waals surface area (Å²) in [5, 5.41) is 3.64. The standard InChI is InChI=1S/C10H11Cl2NO2.C7H8.C6H6.C2H6/c1-7(14)13-4-5-15-10-3-2-8(11)6-9(10)12;1-7-5-3-2-4-6-7;1-2-4-6-5-3-1;1-2/h2-3,6H,4-5H2,1H3,(H,13,14);2-6H,1H3;1-6H;1-2H3. The van der Waals surface area contributed by atoms with Crippen LogP contribution in [0.2, 0.25) is 10.0 Å². The Bertz CT molecular complexity index is 770. The molecule has 0 saturated carbocycles. The van der Waals surface area contributed by atoms with E-state index in [2.05, 4.69) is 24.4 Å². The number of rotatable bonds is 4. The first kappa shape index (κ1) is 27.5. The van der Waals surface area contributed by atoms with Crippen LogP contribution in [0.1, 0.15) is 26.3 Å². The average Bonchev–Trinajstić information content (AvgIpc) is 2.76. The number of hydrogen-bond acceptors (Lipinski definition) is 2. The molecule has 0 bridgehead atoms. The molecule has 0 fully saturated rings. The van der Waals surface area contributed by atoms with Gasteiger partial charge in [-0.15, -0.1) is 0 Å². The first-order valence-electron chi connectivity index (χ1n) is 9.83. The van der Waals surface area contributed by atoms with Crippen LogP contribution in [0.3, 0.4) is 0 Å². The van der Waals surface area contributed by atoms with Gasteiger partial charge in [-0.2, -0.15) is 0 Å². The lowest BCUT2D eigenvalue weighted by molar-refractivity contribution is -0.119. The summed E-state index contributed by atoms with van der Waals surface area (Å²) in [6, 6.07) is 27.3. The summed E-state index contributed by atoms with van der Waals surface area (Å²) in [7, 11) is 0. The number of hydrogen-bond donors (Lipinski definition) is 1. The molecule has 0 heterocycles. The van der Waals surface area contributed by atoms with Crippen LogP contribution in [0, 0.1) is 6.92 Å². The molecule has 0 aliphatic carbocycles. The van der Waals surface area contributed by atoms with Gasteiger partial charge in [-0.05, 0) is 25.1 Å². The summed E-state index contributed by atoms with van der Waals surface area (Å²) >= 11 is 11.6. The Kier molecular flexibility index (Phi) is 17.0. The Labute approximate surface area is 191 Å². The first-order chi connectivity index (χ1) is 14.5. The maximum Gasteiger partial charge on any atom is 0.216 e. The molecule has 0 aliphatic rings. The van der Waals surface area contributed by atoms with Gasteiger partial charge in [0, 0.05) is 11.9 Å². The van der Waals surface area contributed by atoms with E-state index >= 15 is 0 Å². The van der Waals surface area contributed by atoms with Gasteiger partial charge in [-0.1, -0.05) is 109 Å². The molecule has 3 aromatic carbocycles. The number of amides is 1. The van der Waals surface area contributed by atoms with Crippen molar-refractivity contribution in [1.82, 2.24) is 5.32 Å². The van der Waals surface area contributed by atoms with Crippen LogP contribution in [0.4, 0.5) is 0 Å². The molecule has 0 spiro atoms. The third-order valence-corrected chi connectivity index (χ3v) is 3.77. The van der Waals surface area contributed by atoms with Crippen molar-refractivity contribution in [2.45, 2.75) is 27.7 Å². The van der Waals surface area contributed by atoms with E-state index in [4.69, 9.17) is 27.9 Å². The summed E-state index contributed by atoms with van der Waals surface area (Å²) in [5.74, 6) is 0.479. The van der Waals surface area contributed by atoms with Crippen molar-refractivity contribution in [1.29, 1.82) is 0 Å². The summed E-state index contributed by atoms with van der Waals surface area (Å²) in [6.45, 7) is 8.37. The minimum absolute atomic E-state index is 0.0826. The van der Waals surface area contributed by atoms with E-state index in [9.17, 15) is 4.79 Å². The highest BCUT2D eigenvalue weighted by Crippen LogP contribution is 2.27. The Hall–Kier alpha value is -2.49. The molecule has 0 aliphatic heterocycles. The van der Waals surface area contributed by atoms with E-state index in [1.54, 1.807) is 18.2 Å². The van der Waals surface area contributed by atoms with Gasteiger partial charge in [-0.3, -0.25) is 4.79 Å². The van der Waals surface area contributed by atoms with E-state index in [0.717, 1.165) is 0 Å². The number of nitrogens with one attached hydrogen (secondary N) is 1. The van der Waals surface area contributed by atoms with Gasteiger partial charge in [0.15, 0.2) is 0 Å². The molecule has 3 aromatic rings. The number of aryl methyl sites for hydroxylation is 1. The van der Waals surface area contributed by atoms with Gasteiger partial charge in [0.05, 0.1) is 11.6 Å². The number of benzene rings is 3. The van der Waals surface area contributed by atoms with Crippen LogP contribution >= 0.6 is 23.2 Å². The van der Waals surface area contributed by atoms with E-state index in [-0.39, 0.29) is 5.91 Å². The Morgan fingerprint density at radius 2 is 1.37 bits per heavy atom. The predicted octanol–water partition coefficient (Wildman–Crippen LogP) is 7.22. The number of ether oxygens (including phenoxy) is 1.